The molecule has 1 amide bonds. The summed E-state index contributed by atoms with van der Waals surface area (Å²) in [5.74, 6) is 0.532. The van der Waals surface area contributed by atoms with Crippen molar-refractivity contribution in [1.82, 2.24) is 4.90 Å². The lowest BCUT2D eigenvalue weighted by Gasteiger charge is -2.15. The summed E-state index contributed by atoms with van der Waals surface area (Å²) >= 11 is 1.64. The van der Waals surface area contributed by atoms with E-state index >= 15 is 0 Å². The van der Waals surface area contributed by atoms with Crippen molar-refractivity contribution in [3.63, 3.8) is 0 Å². The molecule has 1 aromatic rings. The van der Waals surface area contributed by atoms with Crippen LogP contribution in [0.4, 0.5) is 0 Å². The van der Waals surface area contributed by atoms with Crippen LogP contribution in [0.2, 0.25) is 0 Å². The third-order valence-corrected chi connectivity index (χ3v) is 4.59. The Morgan fingerprint density at radius 3 is 2.91 bits per heavy atom. The minimum atomic E-state index is -0.658. The number of amidine groups is 1. The van der Waals surface area contributed by atoms with Crippen molar-refractivity contribution in [3.05, 3.63) is 29.3 Å². The van der Waals surface area contributed by atoms with E-state index in [1.807, 2.05) is 25.4 Å². The third-order valence-electron chi connectivity index (χ3n) is 3.82. The molecule has 0 aromatic heterocycles. The number of hydrogen-bond acceptors (Lipinski definition) is 6. The van der Waals surface area contributed by atoms with Crippen molar-refractivity contribution in [2.24, 2.45) is 15.9 Å². The highest BCUT2D eigenvalue weighted by Gasteiger charge is 2.28. The number of rotatable bonds is 4. The van der Waals surface area contributed by atoms with E-state index < -0.39 is 12.0 Å². The van der Waals surface area contributed by atoms with Gasteiger partial charge in [-0.05, 0) is 12.3 Å². The fourth-order valence-corrected chi connectivity index (χ4v) is 3.25. The molecule has 3 rings (SSSR count). The molecular formula is C15H18N4O2S. The maximum absolute atomic E-state index is 11.2. The maximum Gasteiger partial charge on any atom is 0.261 e. The SMILES string of the molecule is CSc1cc(C2=NCCN2C)ccc1C1=NOC(C(N)=O)C1. The molecule has 2 heterocycles. The highest BCUT2D eigenvalue weighted by molar-refractivity contribution is 7.98. The molecule has 0 saturated heterocycles. The van der Waals surface area contributed by atoms with Gasteiger partial charge in [-0.3, -0.25) is 9.79 Å². The summed E-state index contributed by atoms with van der Waals surface area (Å²) in [5.41, 5.74) is 8.12. The van der Waals surface area contributed by atoms with E-state index in [1.54, 1.807) is 11.8 Å². The van der Waals surface area contributed by atoms with Crippen LogP contribution in [0.25, 0.3) is 0 Å². The summed E-state index contributed by atoms with van der Waals surface area (Å²) in [5, 5.41) is 4.02. The Kier molecular flexibility index (Phi) is 4.06. The van der Waals surface area contributed by atoms with Gasteiger partial charge in [0.25, 0.3) is 5.91 Å². The van der Waals surface area contributed by atoms with Gasteiger partial charge in [-0.15, -0.1) is 11.8 Å². The Morgan fingerprint density at radius 2 is 2.32 bits per heavy atom. The molecule has 2 aliphatic heterocycles. The summed E-state index contributed by atoms with van der Waals surface area (Å²) in [6.07, 6.45) is 1.78. The maximum atomic E-state index is 11.2. The molecule has 2 aliphatic rings. The van der Waals surface area contributed by atoms with Crippen LogP contribution in [0.5, 0.6) is 0 Å². The van der Waals surface area contributed by atoms with Crippen LogP contribution in [-0.4, -0.2) is 54.9 Å². The van der Waals surface area contributed by atoms with Crippen molar-refractivity contribution in [2.75, 3.05) is 26.4 Å². The molecule has 0 fully saturated rings. The second kappa shape index (κ2) is 6.00. The summed E-state index contributed by atoms with van der Waals surface area (Å²) < 4.78 is 0. The quantitative estimate of drug-likeness (QED) is 0.842. The number of aliphatic imine (C=N–C) groups is 1. The Labute approximate surface area is 133 Å². The lowest BCUT2D eigenvalue weighted by Crippen LogP contribution is -2.28. The molecule has 1 unspecified atom stereocenters. The molecule has 116 valence electrons. The van der Waals surface area contributed by atoms with Gasteiger partial charge in [-0.2, -0.15) is 0 Å². The monoisotopic (exact) mass is 318 g/mol. The second-order valence-electron chi connectivity index (χ2n) is 5.28. The van der Waals surface area contributed by atoms with Crippen LogP contribution in [0.1, 0.15) is 17.5 Å². The first kappa shape index (κ1) is 14.9. The molecule has 0 aliphatic carbocycles. The Bertz CT molecular complexity index is 672. The van der Waals surface area contributed by atoms with E-state index in [0.717, 1.165) is 40.7 Å². The van der Waals surface area contributed by atoms with Gasteiger partial charge in [0.2, 0.25) is 6.10 Å². The lowest BCUT2D eigenvalue weighted by molar-refractivity contribution is -0.127. The summed E-state index contributed by atoms with van der Waals surface area (Å²) in [7, 11) is 2.05. The number of benzene rings is 1. The zero-order chi connectivity index (χ0) is 15.7. The van der Waals surface area contributed by atoms with Crippen LogP contribution in [-0.2, 0) is 9.63 Å². The molecule has 7 heteroatoms. The van der Waals surface area contributed by atoms with E-state index in [9.17, 15) is 4.79 Å². The normalized spacial score (nSPS) is 20.6. The number of carbonyl (C=O) groups excluding carboxylic acids is 1. The van der Waals surface area contributed by atoms with Crippen molar-refractivity contribution in [3.8, 4) is 0 Å². The largest absolute Gasteiger partial charge is 0.382 e. The van der Waals surface area contributed by atoms with Gasteiger partial charge >= 0.3 is 0 Å². The summed E-state index contributed by atoms with van der Waals surface area (Å²) in [4.78, 5) is 24.1. The number of carbonyl (C=O) groups is 1. The number of hydrogen-bond donors (Lipinski definition) is 1. The van der Waals surface area contributed by atoms with Crippen molar-refractivity contribution in [1.29, 1.82) is 0 Å². The van der Waals surface area contributed by atoms with E-state index in [2.05, 4.69) is 21.1 Å². The van der Waals surface area contributed by atoms with Gasteiger partial charge in [0, 0.05) is 36.0 Å². The van der Waals surface area contributed by atoms with Crippen LogP contribution >= 0.6 is 11.8 Å². The van der Waals surface area contributed by atoms with Crippen molar-refractivity contribution in [2.45, 2.75) is 17.4 Å². The lowest BCUT2D eigenvalue weighted by atomic mass is 10.0. The number of nitrogens with two attached hydrogens (primary N) is 1. The Balaban J connectivity index is 1.89. The number of nitrogens with zero attached hydrogens (tertiary/aromatic N) is 3. The van der Waals surface area contributed by atoms with E-state index in [1.165, 1.54) is 0 Å². The minimum absolute atomic E-state index is 0.420. The number of amides is 1. The van der Waals surface area contributed by atoms with Gasteiger partial charge in [0.05, 0.1) is 12.3 Å². The summed E-state index contributed by atoms with van der Waals surface area (Å²) in [6, 6.07) is 6.16. The van der Waals surface area contributed by atoms with Crippen LogP contribution in [0.15, 0.2) is 33.2 Å². The van der Waals surface area contributed by atoms with Crippen LogP contribution < -0.4 is 5.73 Å². The molecule has 0 bridgehead atoms. The van der Waals surface area contributed by atoms with E-state index in [0.29, 0.717) is 6.42 Å². The fraction of sp³-hybridized carbons (Fsp3) is 0.400. The zero-order valence-corrected chi connectivity index (χ0v) is 13.4. The van der Waals surface area contributed by atoms with E-state index in [-0.39, 0.29) is 0 Å². The smallest absolute Gasteiger partial charge is 0.261 e. The van der Waals surface area contributed by atoms with Gasteiger partial charge in [-0.1, -0.05) is 17.3 Å². The first-order valence-electron chi connectivity index (χ1n) is 7.06. The fourth-order valence-electron chi connectivity index (χ4n) is 2.60. The molecule has 0 saturated carbocycles. The van der Waals surface area contributed by atoms with Crippen molar-refractivity contribution < 1.29 is 9.63 Å². The molecule has 0 spiro atoms. The van der Waals surface area contributed by atoms with Crippen LogP contribution in [0, 0.1) is 0 Å². The Morgan fingerprint density at radius 1 is 1.50 bits per heavy atom. The number of likely N-dealkylation sites (N-methyl/N-ethyl adjacent to an activating group) is 1. The summed E-state index contributed by atoms with van der Waals surface area (Å²) in [6.45, 7) is 1.79. The first-order chi connectivity index (χ1) is 10.6. The molecule has 1 atom stereocenters. The third kappa shape index (κ3) is 2.68. The molecule has 1 aromatic carbocycles. The first-order valence-corrected chi connectivity index (χ1v) is 8.29. The highest BCUT2D eigenvalue weighted by atomic mass is 32.2. The van der Waals surface area contributed by atoms with Gasteiger partial charge in [0.1, 0.15) is 5.84 Å². The van der Waals surface area contributed by atoms with Crippen molar-refractivity contribution >= 4 is 29.2 Å². The average Bonchev–Trinajstić information content (AvgIpc) is 3.15. The minimum Gasteiger partial charge on any atom is -0.382 e. The predicted molar refractivity (Wildman–Crippen MR) is 87.5 cm³/mol. The topological polar surface area (TPSA) is 80.3 Å². The average molecular weight is 318 g/mol. The van der Waals surface area contributed by atoms with Gasteiger partial charge in [0.15, 0.2) is 0 Å². The molecule has 2 N–H and O–H groups in total. The molecular weight excluding hydrogens is 300 g/mol. The van der Waals surface area contributed by atoms with Gasteiger partial charge < -0.3 is 15.5 Å². The predicted octanol–water partition coefficient (Wildman–Crippen LogP) is 1.08. The second-order valence-corrected chi connectivity index (χ2v) is 6.13. The molecule has 0 radical (unpaired) electrons. The van der Waals surface area contributed by atoms with Gasteiger partial charge in [-0.25, -0.2) is 0 Å². The zero-order valence-electron chi connectivity index (χ0n) is 12.6. The Hall–Kier alpha value is -2.02. The number of primary amides is 1. The van der Waals surface area contributed by atoms with E-state index in [4.69, 9.17) is 10.6 Å². The highest BCUT2D eigenvalue weighted by Crippen LogP contribution is 2.27. The van der Waals surface area contributed by atoms with Crippen LogP contribution in [0.3, 0.4) is 0 Å². The number of thioether (sulfide) groups is 1. The standard InChI is InChI=1S/C15H18N4O2S/c1-19-6-5-17-15(19)9-3-4-10(13(7-9)22-2)11-8-12(14(16)20)21-18-11/h3-4,7,12H,5-6,8H2,1-2H3,(H2,16,20). The number of oxime groups is 1. The molecule has 6 nitrogen and oxygen atoms in total. The molecule has 22 heavy (non-hydrogen) atoms.